The van der Waals surface area contributed by atoms with Crippen molar-refractivity contribution in [2.24, 2.45) is 0 Å². The van der Waals surface area contributed by atoms with Crippen LogP contribution >= 0.6 is 0 Å². The highest BCUT2D eigenvalue weighted by Gasteiger charge is 2.57. The summed E-state index contributed by atoms with van der Waals surface area (Å²) in [7, 11) is 0. The second-order valence-electron chi connectivity index (χ2n) is 22.3. The lowest BCUT2D eigenvalue weighted by Gasteiger charge is -2.49. The molecule has 3 saturated heterocycles. The molecular formula is C72H72F3NO19. The van der Waals surface area contributed by atoms with Crippen molar-refractivity contribution in [3.05, 3.63) is 251 Å². The van der Waals surface area contributed by atoms with E-state index in [0.717, 1.165) is 16.7 Å². The Bertz CT molecular complexity index is 3500. The van der Waals surface area contributed by atoms with E-state index >= 15 is 0 Å². The molecule has 3 aliphatic rings. The van der Waals surface area contributed by atoms with Crippen LogP contribution in [0.15, 0.2) is 212 Å². The van der Waals surface area contributed by atoms with Crippen LogP contribution in [-0.4, -0.2) is 149 Å². The number of benzene rings is 7. The lowest BCUT2D eigenvalue weighted by atomic mass is 9.97. The first-order valence-electron chi connectivity index (χ1n) is 30.9. The fourth-order valence-corrected chi connectivity index (χ4v) is 10.7. The molecular weight excluding hydrogens is 1240 g/mol. The molecule has 20 nitrogen and oxygen atoms in total. The van der Waals surface area contributed by atoms with E-state index in [1.54, 1.807) is 54.6 Å². The van der Waals surface area contributed by atoms with Gasteiger partial charge in [-0.3, -0.25) is 9.59 Å². The fraction of sp³-hybridized carbons (Fsp3) is 0.347. The molecule has 0 radical (unpaired) electrons. The molecule has 1 N–H and O–H groups in total. The van der Waals surface area contributed by atoms with Crippen LogP contribution < -0.4 is 5.32 Å². The zero-order valence-corrected chi connectivity index (χ0v) is 51.7. The van der Waals surface area contributed by atoms with Crippen molar-refractivity contribution < 1.29 is 103 Å². The smallest absolute Gasteiger partial charge is 0.459 e. The van der Waals surface area contributed by atoms with E-state index < -0.39 is 136 Å². The molecule has 0 aromatic heterocycles. The van der Waals surface area contributed by atoms with Crippen molar-refractivity contribution in [1.29, 1.82) is 0 Å². The van der Waals surface area contributed by atoms with E-state index in [0.29, 0.717) is 5.56 Å². The van der Waals surface area contributed by atoms with Crippen LogP contribution in [0.4, 0.5) is 13.2 Å². The quantitative estimate of drug-likeness (QED) is 0.0261. The van der Waals surface area contributed by atoms with Gasteiger partial charge in [-0.05, 0) is 65.1 Å². The first kappa shape index (κ1) is 69.1. The summed E-state index contributed by atoms with van der Waals surface area (Å²) in [6.07, 6.45) is -24.2. The van der Waals surface area contributed by atoms with Crippen LogP contribution in [0.1, 0.15) is 66.7 Å². The number of nitrogens with one attached hydrogen (secondary N) is 1. The monoisotopic (exact) mass is 1310 g/mol. The zero-order valence-electron chi connectivity index (χ0n) is 51.7. The predicted molar refractivity (Wildman–Crippen MR) is 331 cm³/mol. The number of carbonyl (C=O) groups excluding carboxylic acids is 5. The van der Waals surface area contributed by atoms with Gasteiger partial charge in [-0.1, -0.05) is 176 Å². The minimum absolute atomic E-state index is 0.0114. The molecule has 95 heavy (non-hydrogen) atoms. The molecule has 23 heteroatoms. The van der Waals surface area contributed by atoms with Crippen molar-refractivity contribution >= 4 is 29.8 Å². The Kier molecular flexibility index (Phi) is 25.2. The number of alkyl halides is 3. The van der Waals surface area contributed by atoms with E-state index in [-0.39, 0.29) is 62.8 Å². The highest BCUT2D eigenvalue weighted by molar-refractivity contribution is 5.90. The molecule has 1 amide bonds. The number of ether oxygens (including phenoxy) is 14. The van der Waals surface area contributed by atoms with Crippen LogP contribution in [0.2, 0.25) is 0 Å². The van der Waals surface area contributed by atoms with Gasteiger partial charge in [0.2, 0.25) is 0 Å². The third kappa shape index (κ3) is 19.9. The van der Waals surface area contributed by atoms with Gasteiger partial charge in [-0.2, -0.15) is 13.2 Å². The minimum atomic E-state index is -5.18. The van der Waals surface area contributed by atoms with Gasteiger partial charge in [0.15, 0.2) is 37.2 Å². The van der Waals surface area contributed by atoms with Gasteiger partial charge in [-0.15, -0.1) is 0 Å². The molecule has 0 spiro atoms. The van der Waals surface area contributed by atoms with Crippen LogP contribution in [0.5, 0.6) is 0 Å². The lowest BCUT2D eigenvalue weighted by molar-refractivity contribution is -0.373. The summed E-state index contributed by atoms with van der Waals surface area (Å²) in [5.74, 6) is -5.53. The fourth-order valence-electron chi connectivity index (χ4n) is 10.7. The first-order chi connectivity index (χ1) is 46.2. The van der Waals surface area contributed by atoms with Crippen LogP contribution in [-0.2, 0) is 102 Å². The van der Waals surface area contributed by atoms with Crippen LogP contribution in [0.3, 0.4) is 0 Å². The predicted octanol–water partition coefficient (Wildman–Crippen LogP) is 9.86. The molecule has 10 rings (SSSR count). The van der Waals surface area contributed by atoms with Crippen molar-refractivity contribution in [3.8, 4) is 0 Å². The third-order valence-electron chi connectivity index (χ3n) is 15.5. The van der Waals surface area contributed by atoms with E-state index in [4.69, 9.17) is 66.3 Å². The van der Waals surface area contributed by atoms with E-state index in [1.165, 1.54) is 43.3 Å². The average Bonchev–Trinajstić information content (AvgIpc) is 0.776. The third-order valence-corrected chi connectivity index (χ3v) is 15.5. The number of hydrogen-bond acceptors (Lipinski definition) is 19. The molecule has 0 aliphatic carbocycles. The topological polar surface area (TPSA) is 227 Å². The summed E-state index contributed by atoms with van der Waals surface area (Å²) in [6.45, 7) is -0.873. The van der Waals surface area contributed by atoms with E-state index in [9.17, 15) is 37.1 Å². The van der Waals surface area contributed by atoms with Gasteiger partial charge in [0, 0.05) is 13.5 Å². The Labute approximate surface area is 546 Å². The summed E-state index contributed by atoms with van der Waals surface area (Å²) in [4.78, 5) is 68.2. The minimum Gasteiger partial charge on any atom is -0.459 e. The van der Waals surface area contributed by atoms with Gasteiger partial charge in [-0.25, -0.2) is 14.4 Å². The normalized spacial score (nSPS) is 24.3. The van der Waals surface area contributed by atoms with E-state index in [1.807, 2.05) is 127 Å². The molecule has 7 aromatic carbocycles. The second-order valence-corrected chi connectivity index (χ2v) is 22.3. The van der Waals surface area contributed by atoms with Crippen LogP contribution in [0, 0.1) is 0 Å². The SMILES string of the molecule is CC(=O)O[C@@H]1[C@@H](OCc2ccccc2)[C@@H](O[C@@H]2[C@@H](OCc3ccccc3)[C@@H](O[C@@H]3[C@@H](OC(=O)c4ccccc4)[C@H](OCCCNC(=O)C(F)(F)F)O[C@H](COC(=O)c4ccccc4)[C@H]3OC(=O)c3ccccc3)OC[C@H]2OCc2ccccc2)OC[C@H]1OCc1ccccc1. The van der Waals surface area contributed by atoms with E-state index in [2.05, 4.69) is 0 Å². The maximum Gasteiger partial charge on any atom is 0.471 e. The molecule has 3 aliphatic heterocycles. The Morgan fingerprint density at radius 1 is 0.432 bits per heavy atom. The number of esters is 4. The molecule has 0 bridgehead atoms. The highest BCUT2D eigenvalue weighted by Crippen LogP contribution is 2.37. The van der Waals surface area contributed by atoms with Crippen LogP contribution in [0.25, 0.3) is 0 Å². The maximum atomic E-state index is 14.6. The maximum absolute atomic E-state index is 14.6. The molecule has 13 atom stereocenters. The number of hydrogen-bond donors (Lipinski definition) is 1. The Hall–Kier alpha value is -8.72. The zero-order chi connectivity index (χ0) is 66.4. The molecule has 500 valence electrons. The summed E-state index contributed by atoms with van der Waals surface area (Å²) in [5.41, 5.74) is 3.30. The van der Waals surface area contributed by atoms with Crippen molar-refractivity contribution in [2.45, 2.75) is 126 Å². The Morgan fingerprint density at radius 2 is 0.821 bits per heavy atom. The van der Waals surface area contributed by atoms with Crippen molar-refractivity contribution in [2.75, 3.05) is 33.0 Å². The van der Waals surface area contributed by atoms with Crippen molar-refractivity contribution in [3.63, 3.8) is 0 Å². The lowest BCUT2D eigenvalue weighted by Crippen LogP contribution is -2.66. The summed E-state index contributed by atoms with van der Waals surface area (Å²) in [6, 6.07) is 60.7. The van der Waals surface area contributed by atoms with Gasteiger partial charge < -0.3 is 71.6 Å². The number of amides is 1. The van der Waals surface area contributed by atoms with Gasteiger partial charge in [0.05, 0.1) is 62.9 Å². The summed E-state index contributed by atoms with van der Waals surface area (Å²) in [5, 5.41) is 1.81. The average molecular weight is 1310 g/mol. The Morgan fingerprint density at radius 3 is 1.26 bits per heavy atom. The molecule has 0 saturated carbocycles. The van der Waals surface area contributed by atoms with Gasteiger partial charge in [0.1, 0.15) is 49.3 Å². The number of halogens is 3. The van der Waals surface area contributed by atoms with Gasteiger partial charge >= 0.3 is 36.0 Å². The second kappa shape index (κ2) is 34.6. The number of carbonyl (C=O) groups is 5. The molecule has 3 fully saturated rings. The highest BCUT2D eigenvalue weighted by atomic mass is 19.4. The largest absolute Gasteiger partial charge is 0.471 e. The number of rotatable bonds is 29. The molecule has 3 heterocycles. The summed E-state index contributed by atoms with van der Waals surface area (Å²) >= 11 is 0. The van der Waals surface area contributed by atoms with Gasteiger partial charge in [0.25, 0.3) is 0 Å². The molecule has 7 aromatic rings. The Balaban J connectivity index is 1.07. The first-order valence-corrected chi connectivity index (χ1v) is 30.9. The van der Waals surface area contributed by atoms with Crippen molar-refractivity contribution in [1.82, 2.24) is 5.32 Å². The standard InChI is InChI=1S/C72H72F3NO19/c1-47(77)90-58-55(83-40-48-24-9-2-10-25-48)44-88-68(62(58)85-42-50-28-13-4-14-29-50)94-59-56(84-41-49-26-11-3-12-27-49)45-89-69(63(59)86-43-51-30-15-5-16-31-51)95-61-60(92-66(79)53-34-19-7-20-35-53)57(46-87-65(78)52-32-17-6-18-33-52)91-70(82-39-23-38-76-71(81)72(73,74)75)64(61)93-67(80)54-36-21-8-22-37-54/h2-22,24-37,55-64,68-70H,23,38-46H2,1H3,(H,76,81)/t55-,56-,57-,58+,59+,60-,61+,62-,63-,64-,68-,69-,70-/m1/s1. The summed E-state index contributed by atoms with van der Waals surface area (Å²) < 4.78 is 133. The molecule has 0 unspecified atom stereocenters.